The van der Waals surface area contributed by atoms with E-state index in [1.807, 2.05) is 29.6 Å². The van der Waals surface area contributed by atoms with Gasteiger partial charge in [0.25, 0.3) is 0 Å². The van der Waals surface area contributed by atoms with Gasteiger partial charge < -0.3 is 4.74 Å². The second-order valence-electron chi connectivity index (χ2n) is 4.39. The van der Waals surface area contributed by atoms with Crippen molar-refractivity contribution in [1.82, 2.24) is 4.98 Å². The molecule has 0 saturated carbocycles. The Bertz CT molecular complexity index is 588. The number of fused-ring (bicyclic) bond motifs is 1. The molecule has 3 rings (SSSR count). The minimum atomic E-state index is -0.493. The highest BCUT2D eigenvalue weighted by Crippen LogP contribution is 2.40. The molecule has 1 atom stereocenters. The summed E-state index contributed by atoms with van der Waals surface area (Å²) in [7, 11) is 0. The third-order valence-electron chi connectivity index (χ3n) is 3.34. The van der Waals surface area contributed by atoms with E-state index in [0.717, 1.165) is 22.7 Å². The zero-order chi connectivity index (χ0) is 12.4. The third-order valence-corrected chi connectivity index (χ3v) is 4.12. The summed E-state index contributed by atoms with van der Waals surface area (Å²) in [6.07, 6.45) is 3.18. The summed E-state index contributed by atoms with van der Waals surface area (Å²) in [5.41, 5.74) is 0.501. The molecule has 2 heterocycles. The molecule has 1 aromatic carbocycles. The summed E-state index contributed by atoms with van der Waals surface area (Å²) in [5.74, 6) is 0.835. The Balaban J connectivity index is 2.05. The molecule has 0 saturated heterocycles. The standard InChI is InChI=1S/C14H12N2OS/c15-10-14(9-13-16-6-8-18-13)5-7-17-12-4-2-1-3-11(12)14/h1-4,6,8H,5,7,9H2. The predicted octanol–water partition coefficient (Wildman–Crippen LogP) is 2.93. The Morgan fingerprint density at radius 2 is 2.33 bits per heavy atom. The zero-order valence-electron chi connectivity index (χ0n) is 9.80. The van der Waals surface area contributed by atoms with Gasteiger partial charge in [-0.15, -0.1) is 11.3 Å². The molecule has 18 heavy (non-hydrogen) atoms. The van der Waals surface area contributed by atoms with Crippen LogP contribution in [0, 0.1) is 11.3 Å². The number of aromatic nitrogens is 1. The van der Waals surface area contributed by atoms with E-state index in [9.17, 15) is 5.26 Å². The fraction of sp³-hybridized carbons (Fsp3) is 0.286. The molecule has 0 bridgehead atoms. The molecule has 1 aliphatic heterocycles. The van der Waals surface area contributed by atoms with Crippen LogP contribution in [0.15, 0.2) is 35.8 Å². The molecule has 1 aliphatic rings. The van der Waals surface area contributed by atoms with Crippen LogP contribution in [0.25, 0.3) is 0 Å². The molecule has 0 aliphatic carbocycles. The number of para-hydroxylation sites is 1. The lowest BCUT2D eigenvalue weighted by Crippen LogP contribution is -2.33. The van der Waals surface area contributed by atoms with Crippen molar-refractivity contribution in [2.75, 3.05) is 6.61 Å². The summed E-state index contributed by atoms with van der Waals surface area (Å²) in [5, 5.41) is 12.6. The summed E-state index contributed by atoms with van der Waals surface area (Å²) in [4.78, 5) is 4.30. The molecule has 0 spiro atoms. The van der Waals surface area contributed by atoms with E-state index >= 15 is 0 Å². The number of nitrogens with zero attached hydrogens (tertiary/aromatic N) is 2. The Hall–Kier alpha value is -1.86. The van der Waals surface area contributed by atoms with Crippen molar-refractivity contribution in [2.24, 2.45) is 0 Å². The maximum absolute atomic E-state index is 9.66. The van der Waals surface area contributed by atoms with Crippen LogP contribution in [0.1, 0.15) is 17.0 Å². The average molecular weight is 256 g/mol. The van der Waals surface area contributed by atoms with Crippen molar-refractivity contribution in [3.63, 3.8) is 0 Å². The molecule has 90 valence electrons. The Morgan fingerprint density at radius 3 is 3.11 bits per heavy atom. The Morgan fingerprint density at radius 1 is 1.44 bits per heavy atom. The lowest BCUT2D eigenvalue weighted by Gasteiger charge is -2.32. The molecule has 1 aromatic heterocycles. The van der Waals surface area contributed by atoms with E-state index in [2.05, 4.69) is 11.1 Å². The first-order chi connectivity index (χ1) is 8.84. The SMILES string of the molecule is N#CC1(Cc2nccs2)CCOc2ccccc21. The molecule has 2 aromatic rings. The lowest BCUT2D eigenvalue weighted by molar-refractivity contribution is 0.241. The zero-order valence-corrected chi connectivity index (χ0v) is 10.6. The minimum Gasteiger partial charge on any atom is -0.493 e. The first kappa shape index (κ1) is 11.2. The molecule has 0 radical (unpaired) electrons. The predicted molar refractivity (Wildman–Crippen MR) is 69.7 cm³/mol. The lowest BCUT2D eigenvalue weighted by atomic mass is 9.75. The number of hydrogen-bond acceptors (Lipinski definition) is 4. The minimum absolute atomic E-state index is 0.493. The third kappa shape index (κ3) is 1.77. The van der Waals surface area contributed by atoms with Crippen LogP contribution < -0.4 is 4.74 Å². The fourth-order valence-electron chi connectivity index (χ4n) is 2.40. The van der Waals surface area contributed by atoms with Gasteiger partial charge in [0, 0.05) is 30.0 Å². The van der Waals surface area contributed by atoms with Crippen molar-refractivity contribution in [3.8, 4) is 11.8 Å². The normalized spacial score (nSPS) is 21.7. The van der Waals surface area contributed by atoms with Crippen molar-refractivity contribution in [1.29, 1.82) is 5.26 Å². The fourth-order valence-corrected chi connectivity index (χ4v) is 3.13. The number of nitriles is 1. The topological polar surface area (TPSA) is 45.9 Å². The van der Waals surface area contributed by atoms with Crippen LogP contribution in [-0.4, -0.2) is 11.6 Å². The molecule has 0 amide bonds. The van der Waals surface area contributed by atoms with Gasteiger partial charge in [-0.05, 0) is 6.07 Å². The van der Waals surface area contributed by atoms with Gasteiger partial charge in [-0.3, -0.25) is 0 Å². The first-order valence-corrected chi connectivity index (χ1v) is 6.74. The molecule has 0 N–H and O–H groups in total. The van der Waals surface area contributed by atoms with Gasteiger partial charge in [0.1, 0.15) is 5.75 Å². The Kier molecular flexibility index (Phi) is 2.77. The molecule has 1 unspecified atom stereocenters. The largest absolute Gasteiger partial charge is 0.493 e. The average Bonchev–Trinajstić information content (AvgIpc) is 2.92. The van der Waals surface area contributed by atoms with Gasteiger partial charge in [0.05, 0.1) is 23.1 Å². The molecule has 3 nitrogen and oxygen atoms in total. The maximum atomic E-state index is 9.66. The van der Waals surface area contributed by atoms with Crippen LogP contribution in [0.4, 0.5) is 0 Å². The number of ether oxygens (including phenoxy) is 1. The summed E-state index contributed by atoms with van der Waals surface area (Å²) >= 11 is 1.60. The van der Waals surface area contributed by atoms with Gasteiger partial charge in [-0.2, -0.15) is 5.26 Å². The van der Waals surface area contributed by atoms with E-state index in [1.165, 1.54) is 0 Å². The first-order valence-electron chi connectivity index (χ1n) is 5.86. The van der Waals surface area contributed by atoms with Crippen molar-refractivity contribution >= 4 is 11.3 Å². The maximum Gasteiger partial charge on any atom is 0.124 e. The van der Waals surface area contributed by atoms with Crippen LogP contribution in [0.2, 0.25) is 0 Å². The number of hydrogen-bond donors (Lipinski definition) is 0. The van der Waals surface area contributed by atoms with Gasteiger partial charge in [-0.25, -0.2) is 4.98 Å². The van der Waals surface area contributed by atoms with E-state index in [1.54, 1.807) is 17.5 Å². The number of rotatable bonds is 2. The second kappa shape index (κ2) is 4.43. The number of thiazole rings is 1. The monoisotopic (exact) mass is 256 g/mol. The Labute approximate surface area is 110 Å². The molecular formula is C14H12N2OS. The smallest absolute Gasteiger partial charge is 0.124 e. The quantitative estimate of drug-likeness (QED) is 0.830. The van der Waals surface area contributed by atoms with Crippen LogP contribution in [0.3, 0.4) is 0 Å². The van der Waals surface area contributed by atoms with Crippen molar-refractivity contribution in [3.05, 3.63) is 46.4 Å². The van der Waals surface area contributed by atoms with E-state index in [-0.39, 0.29) is 0 Å². The molecule has 4 heteroatoms. The second-order valence-corrected chi connectivity index (χ2v) is 5.37. The van der Waals surface area contributed by atoms with E-state index in [0.29, 0.717) is 13.0 Å². The van der Waals surface area contributed by atoms with Crippen molar-refractivity contribution < 1.29 is 4.74 Å². The number of benzene rings is 1. The highest BCUT2D eigenvalue weighted by Gasteiger charge is 2.38. The molecular weight excluding hydrogens is 244 g/mol. The van der Waals surface area contributed by atoms with Crippen LogP contribution in [-0.2, 0) is 11.8 Å². The van der Waals surface area contributed by atoms with Crippen molar-refractivity contribution in [2.45, 2.75) is 18.3 Å². The van der Waals surface area contributed by atoms with Crippen LogP contribution in [0.5, 0.6) is 5.75 Å². The van der Waals surface area contributed by atoms with Crippen LogP contribution >= 0.6 is 11.3 Å². The molecule has 0 fully saturated rings. The summed E-state index contributed by atoms with van der Waals surface area (Å²) < 4.78 is 5.63. The highest BCUT2D eigenvalue weighted by atomic mass is 32.1. The summed E-state index contributed by atoms with van der Waals surface area (Å²) in [6.45, 7) is 0.593. The van der Waals surface area contributed by atoms with Gasteiger partial charge >= 0.3 is 0 Å². The van der Waals surface area contributed by atoms with Gasteiger partial charge in [-0.1, -0.05) is 18.2 Å². The summed E-state index contributed by atoms with van der Waals surface area (Å²) in [6, 6.07) is 10.3. The van der Waals surface area contributed by atoms with Gasteiger partial charge in [0.2, 0.25) is 0 Å². The highest BCUT2D eigenvalue weighted by molar-refractivity contribution is 7.09. The van der Waals surface area contributed by atoms with E-state index < -0.39 is 5.41 Å². The van der Waals surface area contributed by atoms with Gasteiger partial charge in [0.15, 0.2) is 0 Å². The van der Waals surface area contributed by atoms with E-state index in [4.69, 9.17) is 4.74 Å².